The van der Waals surface area contributed by atoms with Crippen LogP contribution in [-0.4, -0.2) is 7.11 Å². The third kappa shape index (κ3) is 3.25. The zero-order valence-electron chi connectivity index (χ0n) is 10.6. The maximum absolute atomic E-state index is 5.83. The van der Waals surface area contributed by atoms with Crippen LogP contribution in [0, 0.1) is 0 Å². The SMILES string of the molecule is COc1cccc(-c2ccc(C(C)N)cc2)c1.Cl. The maximum Gasteiger partial charge on any atom is 0.119 e. The summed E-state index contributed by atoms with van der Waals surface area (Å²) in [5, 5.41) is 0. The lowest BCUT2D eigenvalue weighted by Crippen LogP contribution is -2.04. The molecule has 0 saturated heterocycles. The molecule has 2 rings (SSSR count). The summed E-state index contributed by atoms with van der Waals surface area (Å²) in [5.74, 6) is 0.874. The van der Waals surface area contributed by atoms with Crippen LogP contribution in [0.1, 0.15) is 18.5 Å². The molecule has 0 aliphatic rings. The first kappa shape index (κ1) is 14.6. The molecule has 96 valence electrons. The first-order valence-corrected chi connectivity index (χ1v) is 5.70. The summed E-state index contributed by atoms with van der Waals surface area (Å²) in [6.07, 6.45) is 0. The van der Waals surface area contributed by atoms with Crippen LogP contribution in [0.15, 0.2) is 48.5 Å². The Kier molecular flexibility index (Phi) is 5.20. The van der Waals surface area contributed by atoms with Crippen molar-refractivity contribution in [1.29, 1.82) is 0 Å². The molecule has 0 radical (unpaired) electrons. The molecule has 0 amide bonds. The molecule has 2 aromatic rings. The Morgan fingerprint density at radius 1 is 1.00 bits per heavy atom. The molecule has 0 fully saturated rings. The van der Waals surface area contributed by atoms with Gasteiger partial charge in [0, 0.05) is 6.04 Å². The molecule has 0 aliphatic heterocycles. The Morgan fingerprint density at radius 3 is 2.22 bits per heavy atom. The second-order valence-electron chi connectivity index (χ2n) is 4.14. The van der Waals surface area contributed by atoms with Crippen LogP contribution in [0.25, 0.3) is 11.1 Å². The number of ether oxygens (including phenoxy) is 1. The number of hydrogen-bond donors (Lipinski definition) is 1. The molecule has 2 aromatic carbocycles. The third-order valence-electron chi connectivity index (χ3n) is 2.84. The van der Waals surface area contributed by atoms with E-state index in [1.54, 1.807) is 7.11 Å². The van der Waals surface area contributed by atoms with Crippen molar-refractivity contribution in [3.63, 3.8) is 0 Å². The molecule has 0 aromatic heterocycles. The van der Waals surface area contributed by atoms with Crippen LogP contribution in [0.5, 0.6) is 5.75 Å². The normalized spacial score (nSPS) is 11.5. The molecule has 0 spiro atoms. The highest BCUT2D eigenvalue weighted by Crippen LogP contribution is 2.24. The third-order valence-corrected chi connectivity index (χ3v) is 2.84. The maximum atomic E-state index is 5.83. The molecule has 1 unspecified atom stereocenters. The standard InChI is InChI=1S/C15H17NO.ClH/c1-11(16)12-6-8-13(9-7-12)14-4-3-5-15(10-14)17-2;/h3-11H,16H2,1-2H3;1H. The van der Waals surface area contributed by atoms with Gasteiger partial charge in [0.25, 0.3) is 0 Å². The monoisotopic (exact) mass is 263 g/mol. The Balaban J connectivity index is 0.00000162. The number of methoxy groups -OCH3 is 1. The van der Waals surface area contributed by atoms with Crippen LogP contribution in [-0.2, 0) is 0 Å². The van der Waals surface area contributed by atoms with E-state index in [9.17, 15) is 0 Å². The lowest BCUT2D eigenvalue weighted by Gasteiger charge is -2.08. The summed E-state index contributed by atoms with van der Waals surface area (Å²) in [6.45, 7) is 1.99. The number of halogens is 1. The predicted octanol–water partition coefficient (Wildman–Crippen LogP) is 3.80. The van der Waals surface area contributed by atoms with E-state index in [4.69, 9.17) is 10.5 Å². The fourth-order valence-electron chi connectivity index (χ4n) is 1.78. The Bertz CT molecular complexity index is 494. The van der Waals surface area contributed by atoms with Crippen LogP contribution >= 0.6 is 12.4 Å². The Labute approximate surface area is 114 Å². The van der Waals surface area contributed by atoms with Crippen molar-refractivity contribution in [3.05, 3.63) is 54.1 Å². The average molecular weight is 264 g/mol. The van der Waals surface area contributed by atoms with Crippen LogP contribution < -0.4 is 10.5 Å². The minimum atomic E-state index is 0. The highest BCUT2D eigenvalue weighted by Gasteiger charge is 2.02. The van der Waals surface area contributed by atoms with E-state index in [2.05, 4.69) is 30.3 Å². The largest absolute Gasteiger partial charge is 0.497 e. The van der Waals surface area contributed by atoms with Crippen molar-refractivity contribution >= 4 is 12.4 Å². The van der Waals surface area contributed by atoms with Crippen molar-refractivity contribution in [1.82, 2.24) is 0 Å². The summed E-state index contributed by atoms with van der Waals surface area (Å²) < 4.78 is 5.22. The molecular weight excluding hydrogens is 246 g/mol. The van der Waals surface area contributed by atoms with Gasteiger partial charge in [-0.1, -0.05) is 36.4 Å². The zero-order chi connectivity index (χ0) is 12.3. The van der Waals surface area contributed by atoms with Gasteiger partial charge in [0.15, 0.2) is 0 Å². The van der Waals surface area contributed by atoms with Crippen molar-refractivity contribution in [2.45, 2.75) is 13.0 Å². The van der Waals surface area contributed by atoms with Gasteiger partial charge < -0.3 is 10.5 Å². The number of rotatable bonds is 3. The smallest absolute Gasteiger partial charge is 0.119 e. The number of nitrogens with two attached hydrogens (primary N) is 1. The lowest BCUT2D eigenvalue weighted by molar-refractivity contribution is 0.415. The highest BCUT2D eigenvalue weighted by molar-refractivity contribution is 5.85. The van der Waals surface area contributed by atoms with E-state index >= 15 is 0 Å². The van der Waals surface area contributed by atoms with E-state index in [-0.39, 0.29) is 18.4 Å². The first-order chi connectivity index (χ1) is 8.20. The van der Waals surface area contributed by atoms with Crippen LogP contribution in [0.3, 0.4) is 0 Å². The van der Waals surface area contributed by atoms with Crippen LogP contribution in [0.2, 0.25) is 0 Å². The van der Waals surface area contributed by atoms with Gasteiger partial charge in [0.1, 0.15) is 5.75 Å². The van der Waals surface area contributed by atoms with Gasteiger partial charge in [-0.05, 0) is 35.7 Å². The van der Waals surface area contributed by atoms with E-state index in [1.165, 1.54) is 5.56 Å². The van der Waals surface area contributed by atoms with Crippen molar-refractivity contribution in [2.75, 3.05) is 7.11 Å². The molecule has 2 nitrogen and oxygen atoms in total. The molecule has 2 N–H and O–H groups in total. The van der Waals surface area contributed by atoms with Crippen molar-refractivity contribution in [2.24, 2.45) is 5.73 Å². The molecule has 0 saturated carbocycles. The summed E-state index contributed by atoms with van der Waals surface area (Å²) in [4.78, 5) is 0. The first-order valence-electron chi connectivity index (χ1n) is 5.70. The molecule has 3 heteroatoms. The van der Waals surface area contributed by atoms with Crippen molar-refractivity contribution in [3.8, 4) is 16.9 Å². The zero-order valence-corrected chi connectivity index (χ0v) is 11.4. The van der Waals surface area contributed by atoms with E-state index in [0.717, 1.165) is 16.9 Å². The summed E-state index contributed by atoms with van der Waals surface area (Å²) in [5.41, 5.74) is 9.31. The summed E-state index contributed by atoms with van der Waals surface area (Å²) in [6, 6.07) is 16.4. The average Bonchev–Trinajstić information content (AvgIpc) is 2.39. The minimum absolute atomic E-state index is 0. The second kappa shape index (κ2) is 6.43. The second-order valence-corrected chi connectivity index (χ2v) is 4.14. The van der Waals surface area contributed by atoms with Gasteiger partial charge in [0.2, 0.25) is 0 Å². The fourth-order valence-corrected chi connectivity index (χ4v) is 1.78. The fraction of sp³-hybridized carbons (Fsp3) is 0.200. The van der Waals surface area contributed by atoms with E-state index < -0.39 is 0 Å². The molecule has 18 heavy (non-hydrogen) atoms. The summed E-state index contributed by atoms with van der Waals surface area (Å²) in [7, 11) is 1.68. The summed E-state index contributed by atoms with van der Waals surface area (Å²) >= 11 is 0. The van der Waals surface area contributed by atoms with Crippen LogP contribution in [0.4, 0.5) is 0 Å². The van der Waals surface area contributed by atoms with Crippen molar-refractivity contribution < 1.29 is 4.74 Å². The van der Waals surface area contributed by atoms with Gasteiger partial charge in [-0.15, -0.1) is 12.4 Å². The molecule has 1 atom stereocenters. The molecule has 0 aliphatic carbocycles. The van der Waals surface area contributed by atoms with Gasteiger partial charge in [0.05, 0.1) is 7.11 Å². The number of hydrogen-bond acceptors (Lipinski definition) is 2. The molecule has 0 bridgehead atoms. The number of benzene rings is 2. The van der Waals surface area contributed by atoms with E-state index in [0.29, 0.717) is 0 Å². The molecule has 0 heterocycles. The Morgan fingerprint density at radius 2 is 1.67 bits per heavy atom. The van der Waals surface area contributed by atoms with Gasteiger partial charge >= 0.3 is 0 Å². The Hall–Kier alpha value is -1.51. The van der Waals surface area contributed by atoms with Gasteiger partial charge in [-0.25, -0.2) is 0 Å². The highest BCUT2D eigenvalue weighted by atomic mass is 35.5. The topological polar surface area (TPSA) is 35.2 Å². The minimum Gasteiger partial charge on any atom is -0.497 e. The predicted molar refractivity (Wildman–Crippen MR) is 78.3 cm³/mol. The van der Waals surface area contributed by atoms with Gasteiger partial charge in [-0.3, -0.25) is 0 Å². The van der Waals surface area contributed by atoms with E-state index in [1.807, 2.05) is 25.1 Å². The lowest BCUT2D eigenvalue weighted by atomic mass is 10.0. The quantitative estimate of drug-likeness (QED) is 0.914. The van der Waals surface area contributed by atoms with Gasteiger partial charge in [-0.2, -0.15) is 0 Å². The molecular formula is C15H18ClNO.